The summed E-state index contributed by atoms with van der Waals surface area (Å²) in [6.07, 6.45) is 9.58. The molecular weight excluding hydrogens is 886 g/mol. The first-order chi connectivity index (χ1) is 31.7. The van der Waals surface area contributed by atoms with Crippen LogP contribution < -0.4 is 25.2 Å². The third-order valence-electron chi connectivity index (χ3n) is 11.7. The molecular formula is C44H50F5N13O3S. The lowest BCUT2D eigenvalue weighted by Gasteiger charge is -2.29. The maximum Gasteiger partial charge on any atom is 0.511 e. The highest BCUT2D eigenvalue weighted by atomic mass is 32.2. The van der Waals surface area contributed by atoms with E-state index in [1.54, 1.807) is 56.4 Å². The van der Waals surface area contributed by atoms with Crippen LogP contribution in [0.1, 0.15) is 49.7 Å². The Labute approximate surface area is 378 Å². The van der Waals surface area contributed by atoms with Crippen molar-refractivity contribution in [3.8, 4) is 23.0 Å². The van der Waals surface area contributed by atoms with Crippen LogP contribution in [0.3, 0.4) is 0 Å². The number of alkyl halides is 3. The van der Waals surface area contributed by atoms with Crippen molar-refractivity contribution >= 4 is 33.3 Å². The fourth-order valence-electron chi connectivity index (χ4n) is 8.15. The maximum atomic E-state index is 16.8. The number of anilines is 4. The van der Waals surface area contributed by atoms with Crippen LogP contribution >= 0.6 is 0 Å². The number of ether oxygens (including phenoxy) is 1. The number of hydrogen-bond donors (Lipinski definition) is 3. The van der Waals surface area contributed by atoms with Crippen molar-refractivity contribution in [3.63, 3.8) is 0 Å². The van der Waals surface area contributed by atoms with E-state index >= 15 is 8.78 Å². The number of benzene rings is 2. The number of hydrogen-bond acceptors (Lipinski definition) is 13. The molecule has 1 saturated heterocycles. The van der Waals surface area contributed by atoms with E-state index in [9.17, 15) is 21.6 Å². The summed E-state index contributed by atoms with van der Waals surface area (Å²) in [6.45, 7) is 2.20. The Morgan fingerprint density at radius 2 is 1.15 bits per heavy atom. The summed E-state index contributed by atoms with van der Waals surface area (Å²) in [4.78, 5) is 21.8. The molecule has 5 heterocycles. The molecule has 3 N–H and O–H groups in total. The molecule has 22 heteroatoms. The van der Waals surface area contributed by atoms with Gasteiger partial charge >= 0.3 is 15.5 Å². The number of nitrogens with zero attached hydrogens (tertiary/aromatic N) is 10. The van der Waals surface area contributed by atoms with Crippen LogP contribution in [0, 0.1) is 23.5 Å². The van der Waals surface area contributed by atoms with Crippen LogP contribution in [0.15, 0.2) is 85.5 Å². The summed E-state index contributed by atoms with van der Waals surface area (Å²) in [5.41, 5.74) is -2.14. The number of sulfonamides is 1. The third kappa shape index (κ3) is 11.0. The first kappa shape index (κ1) is 46.3. The first-order valence-electron chi connectivity index (χ1n) is 21.6. The van der Waals surface area contributed by atoms with Crippen molar-refractivity contribution < 1.29 is 35.1 Å². The van der Waals surface area contributed by atoms with Gasteiger partial charge in [0.15, 0.2) is 23.3 Å². The molecule has 1 aliphatic carbocycles. The normalized spacial score (nSPS) is 17.1. The fraction of sp³-hybridized carbons (Fsp3) is 0.409. The standard InChI is InChI=1S/C44H50F5N13O3S/c1-59(27-31-7-3-9-34(23-31)61-19-5-17-52-61)42-36(45)38(50-25-29-11-13-33(14-12-29)58-66(63,64)44(47,48)49)54-40(56-42)41-55-39(51-26-30-15-21-65-22-16-30)37(46)43(57-41)60(2)28-32-8-4-10-35(24-32)62-20-6-18-53-62/h3-10,17-20,23-24,29-30,33,58H,11-16,21-22,25-28H2,1-2H3,(H,50,54,56)(H,51,55,57). The van der Waals surface area contributed by atoms with Crippen molar-refractivity contribution in [2.24, 2.45) is 11.8 Å². The maximum absolute atomic E-state index is 16.8. The van der Waals surface area contributed by atoms with E-state index < -0.39 is 33.2 Å². The second kappa shape index (κ2) is 20.1. The Balaban J connectivity index is 1.12. The third-order valence-corrected chi connectivity index (χ3v) is 13.0. The van der Waals surface area contributed by atoms with E-state index in [1.807, 2.05) is 67.0 Å². The summed E-state index contributed by atoms with van der Waals surface area (Å²) in [5.74, 6) is -2.04. The van der Waals surface area contributed by atoms with Crippen molar-refractivity contribution in [2.75, 3.05) is 60.8 Å². The van der Waals surface area contributed by atoms with Gasteiger partial charge in [-0.05, 0) is 97.9 Å². The summed E-state index contributed by atoms with van der Waals surface area (Å²) in [6, 6.07) is 17.9. The lowest BCUT2D eigenvalue weighted by atomic mass is 9.86. The van der Waals surface area contributed by atoms with Crippen molar-refractivity contribution in [3.05, 3.63) is 108 Å². The quantitative estimate of drug-likeness (QED) is 0.0792. The average molecular weight is 936 g/mol. The molecule has 66 heavy (non-hydrogen) atoms. The second-order valence-corrected chi connectivity index (χ2v) is 18.3. The molecule has 2 fully saturated rings. The van der Waals surface area contributed by atoms with Crippen LogP contribution in [0.5, 0.6) is 0 Å². The second-order valence-electron chi connectivity index (χ2n) is 16.6. The van der Waals surface area contributed by atoms with Crippen LogP contribution in [0.2, 0.25) is 0 Å². The Hall–Kier alpha value is -6.26. The van der Waals surface area contributed by atoms with Crippen LogP contribution in [-0.4, -0.2) is 99.9 Å². The molecule has 16 nitrogen and oxygen atoms in total. The van der Waals surface area contributed by atoms with Gasteiger partial charge in [-0.1, -0.05) is 24.3 Å². The zero-order valence-corrected chi connectivity index (χ0v) is 37.1. The van der Waals surface area contributed by atoms with E-state index in [-0.39, 0.29) is 79.2 Å². The fourth-order valence-corrected chi connectivity index (χ4v) is 8.96. The van der Waals surface area contributed by atoms with Gasteiger partial charge in [0.25, 0.3) is 0 Å². The van der Waals surface area contributed by atoms with E-state index in [0.29, 0.717) is 32.6 Å². The molecule has 6 aromatic rings. The summed E-state index contributed by atoms with van der Waals surface area (Å²) in [5, 5.41) is 14.9. The molecule has 0 atom stereocenters. The van der Waals surface area contributed by atoms with Crippen molar-refractivity contribution in [1.29, 1.82) is 0 Å². The van der Waals surface area contributed by atoms with Crippen LogP contribution in [0.25, 0.3) is 23.0 Å². The average Bonchev–Trinajstić information content (AvgIpc) is 4.06. The molecule has 1 aliphatic heterocycles. The highest BCUT2D eigenvalue weighted by molar-refractivity contribution is 7.90. The number of nitrogens with one attached hydrogen (secondary N) is 3. The molecule has 8 rings (SSSR count). The van der Waals surface area contributed by atoms with Gasteiger partial charge in [-0.15, -0.1) is 0 Å². The zero-order chi connectivity index (χ0) is 46.4. The Bertz CT molecular complexity index is 2680. The lowest BCUT2D eigenvalue weighted by molar-refractivity contribution is -0.0452. The number of halogens is 5. The first-order valence-corrected chi connectivity index (χ1v) is 23.1. The van der Waals surface area contributed by atoms with Gasteiger partial charge in [-0.2, -0.15) is 32.1 Å². The van der Waals surface area contributed by atoms with E-state index in [0.717, 1.165) is 35.3 Å². The predicted octanol–water partition coefficient (Wildman–Crippen LogP) is 7.10. The van der Waals surface area contributed by atoms with Gasteiger partial charge in [0.1, 0.15) is 0 Å². The van der Waals surface area contributed by atoms with Gasteiger partial charge in [-0.3, -0.25) is 0 Å². The Morgan fingerprint density at radius 1 is 0.682 bits per heavy atom. The van der Waals surface area contributed by atoms with E-state index in [4.69, 9.17) is 4.74 Å². The summed E-state index contributed by atoms with van der Waals surface area (Å²) in [7, 11) is -2.12. The summed E-state index contributed by atoms with van der Waals surface area (Å²) < 4.78 is 107. The Kier molecular flexibility index (Phi) is 14.1. The molecule has 2 aromatic carbocycles. The van der Waals surface area contributed by atoms with Crippen molar-refractivity contribution in [2.45, 2.75) is 63.2 Å². The molecule has 0 amide bonds. The highest BCUT2D eigenvalue weighted by Crippen LogP contribution is 2.33. The largest absolute Gasteiger partial charge is 0.511 e. The van der Waals surface area contributed by atoms with E-state index in [1.165, 1.54) is 0 Å². The smallest absolute Gasteiger partial charge is 0.381 e. The SMILES string of the molecule is CN(Cc1cccc(-n2cccn2)c1)c1nc(-c2nc(NCC3CCC(NS(=O)(=O)C(F)(F)F)CC3)c(F)c(N(C)Cc3cccc(-n4cccn4)c3)n2)nc(NCC2CCOCC2)c1F. The molecule has 0 unspecified atom stereocenters. The van der Waals surface area contributed by atoms with Crippen LogP contribution in [0.4, 0.5) is 45.2 Å². The van der Waals surface area contributed by atoms with Gasteiger partial charge in [0.05, 0.1) is 11.4 Å². The predicted molar refractivity (Wildman–Crippen MR) is 239 cm³/mol. The van der Waals surface area contributed by atoms with Gasteiger partial charge in [-0.25, -0.2) is 42.4 Å². The lowest BCUT2D eigenvalue weighted by Crippen LogP contribution is -2.44. The minimum atomic E-state index is -5.50. The number of rotatable bonds is 17. The molecule has 2 aliphatic rings. The highest BCUT2D eigenvalue weighted by Gasteiger charge is 2.47. The molecule has 1 saturated carbocycles. The molecule has 0 bridgehead atoms. The monoisotopic (exact) mass is 935 g/mol. The Morgan fingerprint density at radius 3 is 1.59 bits per heavy atom. The minimum Gasteiger partial charge on any atom is -0.381 e. The number of aromatic nitrogens is 8. The molecule has 4 aromatic heterocycles. The van der Waals surface area contributed by atoms with Gasteiger partial charge < -0.3 is 25.2 Å². The zero-order valence-electron chi connectivity index (χ0n) is 36.3. The van der Waals surface area contributed by atoms with Crippen LogP contribution in [-0.2, 0) is 27.8 Å². The summed E-state index contributed by atoms with van der Waals surface area (Å²) >= 11 is 0. The van der Waals surface area contributed by atoms with E-state index in [2.05, 4.69) is 40.8 Å². The topological polar surface area (TPSA) is 173 Å². The van der Waals surface area contributed by atoms with Gasteiger partial charge in [0.2, 0.25) is 23.3 Å². The molecule has 0 radical (unpaired) electrons. The molecule has 350 valence electrons. The minimum absolute atomic E-state index is 0.0512. The van der Waals surface area contributed by atoms with Crippen molar-refractivity contribution in [1.82, 2.24) is 44.2 Å². The van der Waals surface area contributed by atoms with Gasteiger partial charge in [0, 0.05) is 84.3 Å². The molecule has 0 spiro atoms.